The molecule has 148 valence electrons. The average Bonchev–Trinajstić information content (AvgIpc) is 3.13. The molecule has 2 heterocycles. The Balaban J connectivity index is 1.58. The lowest BCUT2D eigenvalue weighted by Gasteiger charge is -2.24. The van der Waals surface area contributed by atoms with Crippen molar-refractivity contribution in [2.24, 2.45) is 0 Å². The van der Waals surface area contributed by atoms with Gasteiger partial charge in [-0.3, -0.25) is 9.59 Å². The summed E-state index contributed by atoms with van der Waals surface area (Å²) >= 11 is 0. The van der Waals surface area contributed by atoms with Gasteiger partial charge >= 0.3 is 0 Å². The maximum absolute atomic E-state index is 13.2. The third kappa shape index (κ3) is 3.82. The number of rotatable bonds is 5. The van der Waals surface area contributed by atoms with Crippen molar-refractivity contribution in [3.05, 3.63) is 60.5 Å². The van der Waals surface area contributed by atoms with Crippen LogP contribution in [0.25, 0.3) is 11.1 Å². The van der Waals surface area contributed by atoms with Crippen molar-refractivity contribution in [2.75, 3.05) is 17.2 Å². The maximum Gasteiger partial charge on any atom is 0.249 e. The van der Waals surface area contributed by atoms with E-state index >= 15 is 0 Å². The lowest BCUT2D eigenvalue weighted by atomic mass is 10.1. The minimum atomic E-state index is -0.792. The first kappa shape index (κ1) is 18.7. The first-order chi connectivity index (χ1) is 14.0. The highest BCUT2D eigenvalue weighted by Crippen LogP contribution is 2.34. The second-order valence-electron chi connectivity index (χ2n) is 6.57. The Kier molecular flexibility index (Phi) is 4.99. The molecule has 4 rings (SSSR count). The van der Waals surface area contributed by atoms with E-state index in [9.17, 15) is 14.0 Å². The molecule has 0 radical (unpaired) electrons. The van der Waals surface area contributed by atoms with E-state index in [1.54, 1.807) is 42.6 Å². The minimum absolute atomic E-state index is 0.0274. The van der Waals surface area contributed by atoms with E-state index in [4.69, 9.17) is 4.74 Å². The van der Waals surface area contributed by atoms with E-state index in [1.807, 2.05) is 6.92 Å². The molecule has 8 heteroatoms. The number of hydrogen-bond acceptors (Lipinski definition) is 4. The number of amides is 2. The van der Waals surface area contributed by atoms with Crippen LogP contribution in [0, 0.1) is 5.82 Å². The summed E-state index contributed by atoms with van der Waals surface area (Å²) in [6.45, 7) is 2.45. The molecule has 0 saturated heterocycles. The van der Waals surface area contributed by atoms with Crippen molar-refractivity contribution < 1.29 is 18.7 Å². The van der Waals surface area contributed by atoms with E-state index in [-0.39, 0.29) is 24.1 Å². The fraction of sp³-hybridized carbons (Fsp3) is 0.190. The molecule has 1 aliphatic rings. The number of aromatic nitrogens is 2. The molecule has 1 aliphatic heterocycles. The number of fused-ring (bicyclic) bond motifs is 1. The fourth-order valence-corrected chi connectivity index (χ4v) is 3.24. The van der Waals surface area contributed by atoms with Gasteiger partial charge in [0.05, 0.1) is 19.2 Å². The molecular formula is C21H19FN4O3. The van der Waals surface area contributed by atoms with Crippen LogP contribution in [0.15, 0.2) is 54.7 Å². The molecule has 29 heavy (non-hydrogen) atoms. The smallest absolute Gasteiger partial charge is 0.249 e. The minimum Gasteiger partial charge on any atom is -0.494 e. The van der Waals surface area contributed by atoms with Crippen molar-refractivity contribution in [3.8, 4) is 16.9 Å². The van der Waals surface area contributed by atoms with Crippen LogP contribution in [0.1, 0.15) is 19.4 Å². The number of anilines is 2. The number of halogens is 1. The molecule has 0 unspecified atom stereocenters. The lowest BCUT2D eigenvalue weighted by Crippen LogP contribution is -2.35. The number of nitrogens with one attached hydrogen (secondary N) is 2. The van der Waals surface area contributed by atoms with Gasteiger partial charge in [0.15, 0.2) is 0 Å². The zero-order valence-corrected chi connectivity index (χ0v) is 15.7. The summed E-state index contributed by atoms with van der Waals surface area (Å²) in [5.41, 5.74) is 1.91. The highest BCUT2D eigenvalue weighted by Gasteiger charge is 2.33. The van der Waals surface area contributed by atoms with Gasteiger partial charge in [-0.2, -0.15) is 5.10 Å². The summed E-state index contributed by atoms with van der Waals surface area (Å²) in [6.07, 6.45) is 1.53. The summed E-state index contributed by atoms with van der Waals surface area (Å²) in [4.78, 5) is 25.1. The van der Waals surface area contributed by atoms with Crippen molar-refractivity contribution >= 4 is 23.3 Å². The summed E-state index contributed by atoms with van der Waals surface area (Å²) < 4.78 is 20.1. The molecule has 0 bridgehead atoms. The average molecular weight is 394 g/mol. The molecule has 3 aromatic rings. The Morgan fingerprint density at radius 2 is 1.97 bits per heavy atom. The summed E-state index contributed by atoms with van der Waals surface area (Å²) in [6, 6.07) is 12.1. The normalized spacial score (nSPS) is 15.4. The maximum atomic E-state index is 13.2. The Bertz CT molecular complexity index is 1040. The molecule has 1 atom stereocenters. The van der Waals surface area contributed by atoms with E-state index in [2.05, 4.69) is 15.7 Å². The third-order valence-electron chi connectivity index (χ3n) is 4.62. The summed E-state index contributed by atoms with van der Waals surface area (Å²) in [7, 11) is 0. The Morgan fingerprint density at radius 1 is 1.24 bits per heavy atom. The summed E-state index contributed by atoms with van der Waals surface area (Å²) in [5, 5.41) is 9.88. The number of nitrogens with zero attached hydrogens (tertiary/aromatic N) is 2. The van der Waals surface area contributed by atoms with Gasteiger partial charge in [0.2, 0.25) is 11.8 Å². The topological polar surface area (TPSA) is 85.2 Å². The molecule has 0 spiro atoms. The van der Waals surface area contributed by atoms with Gasteiger partial charge in [0.1, 0.15) is 23.4 Å². The van der Waals surface area contributed by atoms with E-state index in [1.165, 1.54) is 16.8 Å². The van der Waals surface area contributed by atoms with Gasteiger partial charge in [-0.1, -0.05) is 12.1 Å². The van der Waals surface area contributed by atoms with Crippen LogP contribution >= 0.6 is 0 Å². The Morgan fingerprint density at radius 3 is 2.66 bits per heavy atom. The van der Waals surface area contributed by atoms with Crippen LogP contribution in [-0.4, -0.2) is 28.2 Å². The van der Waals surface area contributed by atoms with Crippen molar-refractivity contribution in [3.63, 3.8) is 0 Å². The van der Waals surface area contributed by atoms with E-state index in [0.29, 0.717) is 35.0 Å². The number of benzene rings is 2. The molecule has 2 aromatic carbocycles. The molecule has 1 aromatic heterocycles. The Labute approximate surface area is 166 Å². The largest absolute Gasteiger partial charge is 0.494 e. The molecular weight excluding hydrogens is 375 g/mol. The van der Waals surface area contributed by atoms with Crippen LogP contribution in [0.5, 0.6) is 5.75 Å². The van der Waals surface area contributed by atoms with Crippen LogP contribution in [0.4, 0.5) is 15.9 Å². The molecule has 0 fully saturated rings. The molecule has 0 saturated carbocycles. The molecule has 2 amide bonds. The predicted molar refractivity (Wildman–Crippen MR) is 106 cm³/mol. The van der Waals surface area contributed by atoms with Crippen molar-refractivity contribution in [1.29, 1.82) is 0 Å². The van der Waals surface area contributed by atoms with Gasteiger partial charge in [-0.25, -0.2) is 9.07 Å². The predicted octanol–water partition coefficient (Wildman–Crippen LogP) is 3.61. The van der Waals surface area contributed by atoms with E-state index in [0.717, 1.165) is 0 Å². The van der Waals surface area contributed by atoms with Crippen LogP contribution < -0.4 is 15.4 Å². The fourth-order valence-electron chi connectivity index (χ4n) is 3.24. The molecule has 2 N–H and O–H groups in total. The Hall–Kier alpha value is -3.68. The standard InChI is InChI=1S/C21H19FN4O3/c1-2-29-16-9-7-15(8-10-16)24-21(28)18-11-19(27)25-20-17(12-23-26(18)20)13-3-5-14(22)6-4-13/h3-10,12,18H,2,11H2,1H3,(H,24,28)(H,25,27)/t18-/m0/s1. The number of hydrogen-bond donors (Lipinski definition) is 2. The highest BCUT2D eigenvalue weighted by molar-refractivity contribution is 6.03. The van der Waals surface area contributed by atoms with Crippen LogP contribution in [0.2, 0.25) is 0 Å². The van der Waals surface area contributed by atoms with Gasteiger partial charge in [0.25, 0.3) is 0 Å². The quantitative estimate of drug-likeness (QED) is 0.692. The van der Waals surface area contributed by atoms with Gasteiger partial charge < -0.3 is 15.4 Å². The SMILES string of the molecule is CCOc1ccc(NC(=O)[C@@H]2CC(=O)Nc3c(-c4ccc(F)cc4)cnn32)cc1. The highest BCUT2D eigenvalue weighted by atomic mass is 19.1. The van der Waals surface area contributed by atoms with Crippen LogP contribution in [0.3, 0.4) is 0 Å². The van der Waals surface area contributed by atoms with Crippen molar-refractivity contribution in [1.82, 2.24) is 9.78 Å². The zero-order valence-electron chi connectivity index (χ0n) is 15.7. The first-order valence-electron chi connectivity index (χ1n) is 9.22. The zero-order chi connectivity index (χ0) is 20.4. The number of carbonyl (C=O) groups excluding carboxylic acids is 2. The monoisotopic (exact) mass is 394 g/mol. The van der Waals surface area contributed by atoms with Gasteiger partial charge in [-0.05, 0) is 48.9 Å². The van der Waals surface area contributed by atoms with Crippen molar-refractivity contribution in [2.45, 2.75) is 19.4 Å². The number of ether oxygens (including phenoxy) is 1. The van der Waals surface area contributed by atoms with Gasteiger partial charge in [0, 0.05) is 11.3 Å². The van der Waals surface area contributed by atoms with E-state index < -0.39 is 6.04 Å². The second-order valence-corrected chi connectivity index (χ2v) is 6.57. The van der Waals surface area contributed by atoms with Crippen LogP contribution in [-0.2, 0) is 9.59 Å². The first-order valence-corrected chi connectivity index (χ1v) is 9.22. The molecule has 0 aliphatic carbocycles. The second kappa shape index (κ2) is 7.75. The van der Waals surface area contributed by atoms with Gasteiger partial charge in [-0.15, -0.1) is 0 Å². The third-order valence-corrected chi connectivity index (χ3v) is 4.62. The lowest BCUT2D eigenvalue weighted by molar-refractivity contribution is -0.125. The summed E-state index contributed by atoms with van der Waals surface area (Å²) in [5.74, 6) is 0.138. The molecule has 7 nitrogen and oxygen atoms in total. The number of carbonyl (C=O) groups is 2.